The first-order valence-electron chi connectivity index (χ1n) is 9.60. The molecule has 0 radical (unpaired) electrons. The number of nitrogens with one attached hydrogen (secondary N) is 3. The Morgan fingerprint density at radius 3 is 2.81 bits per heavy atom. The second-order valence-electron chi connectivity index (χ2n) is 7.19. The van der Waals surface area contributed by atoms with Crippen molar-refractivity contribution in [1.82, 2.24) is 29.9 Å². The average Bonchev–Trinajstić information content (AvgIpc) is 3.30. The number of H-pyrrole nitrogens is 1. The van der Waals surface area contributed by atoms with Crippen LogP contribution in [0.25, 0.3) is 22.2 Å². The molecule has 31 heavy (non-hydrogen) atoms. The van der Waals surface area contributed by atoms with E-state index in [0.29, 0.717) is 28.9 Å². The lowest BCUT2D eigenvalue weighted by Gasteiger charge is -2.10. The molecule has 4 heterocycles. The molecule has 1 aliphatic rings. The van der Waals surface area contributed by atoms with Crippen LogP contribution in [-0.4, -0.2) is 29.9 Å². The number of nitrogen functional groups attached to an aromatic ring is 1. The van der Waals surface area contributed by atoms with Crippen molar-refractivity contribution in [3.63, 3.8) is 0 Å². The number of aryl methyl sites for hydroxylation is 1. The number of nitrogens with zero attached hydrogens (tertiary/aromatic N) is 5. The molecule has 10 heteroatoms. The van der Waals surface area contributed by atoms with E-state index in [1.54, 1.807) is 4.68 Å². The third-order valence-corrected chi connectivity index (χ3v) is 5.00. The summed E-state index contributed by atoms with van der Waals surface area (Å²) in [7, 11) is 1.85. The van der Waals surface area contributed by atoms with Crippen molar-refractivity contribution in [3.8, 4) is 22.8 Å². The number of rotatable bonds is 3. The first kappa shape index (κ1) is 17.3. The van der Waals surface area contributed by atoms with Crippen molar-refractivity contribution < 1.29 is 4.74 Å². The molecule has 2 aromatic carbocycles. The second-order valence-corrected chi connectivity index (χ2v) is 7.19. The number of para-hydroxylation sites is 2. The zero-order chi connectivity index (χ0) is 20.9. The highest BCUT2D eigenvalue weighted by molar-refractivity contribution is 6.00. The number of fused-ring (bicyclic) bond motifs is 1. The number of hydrogen-bond donors (Lipinski definition) is 4. The van der Waals surface area contributed by atoms with Gasteiger partial charge in [-0.2, -0.15) is 15.2 Å². The summed E-state index contributed by atoms with van der Waals surface area (Å²) in [4.78, 5) is 8.70. The van der Waals surface area contributed by atoms with Gasteiger partial charge in [-0.25, -0.2) is 4.98 Å². The summed E-state index contributed by atoms with van der Waals surface area (Å²) < 4.78 is 7.93. The number of benzene rings is 2. The highest BCUT2D eigenvalue weighted by Gasteiger charge is 2.21. The fourth-order valence-electron chi connectivity index (χ4n) is 3.63. The van der Waals surface area contributed by atoms with E-state index in [9.17, 15) is 0 Å². The number of nitrogens with two attached hydrogens (primary N) is 1. The summed E-state index contributed by atoms with van der Waals surface area (Å²) in [6.07, 6.45) is 1.84. The summed E-state index contributed by atoms with van der Waals surface area (Å²) in [5.41, 5.74) is 9.12. The van der Waals surface area contributed by atoms with E-state index in [1.165, 1.54) is 0 Å². The van der Waals surface area contributed by atoms with E-state index < -0.39 is 0 Å². The van der Waals surface area contributed by atoms with Crippen LogP contribution in [0.1, 0.15) is 0 Å². The van der Waals surface area contributed by atoms with Gasteiger partial charge in [-0.1, -0.05) is 12.1 Å². The molecule has 0 saturated heterocycles. The predicted molar refractivity (Wildman–Crippen MR) is 118 cm³/mol. The number of aromatic nitrogens is 6. The first-order chi connectivity index (χ1) is 15.1. The van der Waals surface area contributed by atoms with Crippen LogP contribution >= 0.6 is 0 Å². The molecule has 0 saturated carbocycles. The SMILES string of the molecule is Cn1ccc(Nc2cc(-c3cc4c5c(n[nH]c5c3)Nc3ccccc3O4)nc(N)n2)n1. The normalized spacial score (nSPS) is 12.0. The summed E-state index contributed by atoms with van der Waals surface area (Å²) in [5.74, 6) is 3.47. The van der Waals surface area contributed by atoms with E-state index in [0.717, 1.165) is 27.9 Å². The molecule has 0 bridgehead atoms. The van der Waals surface area contributed by atoms with E-state index in [-0.39, 0.29) is 5.95 Å². The minimum Gasteiger partial charge on any atom is -0.454 e. The van der Waals surface area contributed by atoms with Gasteiger partial charge < -0.3 is 21.1 Å². The molecule has 0 unspecified atom stereocenters. The molecule has 0 aliphatic carbocycles. The first-order valence-corrected chi connectivity index (χ1v) is 9.60. The molecular formula is C21H17N9O. The number of aromatic amines is 1. The number of ether oxygens (including phenoxy) is 1. The summed E-state index contributed by atoms with van der Waals surface area (Å²) in [5, 5.41) is 19.1. The molecule has 0 atom stereocenters. The highest BCUT2D eigenvalue weighted by atomic mass is 16.5. The van der Waals surface area contributed by atoms with Gasteiger partial charge in [0, 0.05) is 30.9 Å². The molecule has 0 spiro atoms. The number of hydrogen-bond acceptors (Lipinski definition) is 8. The highest BCUT2D eigenvalue weighted by Crippen LogP contribution is 2.43. The molecule has 5 aromatic rings. The standard InChI is InChI=1S/C21H17N9O/c1-30-7-6-17(29-30)25-18-10-13(24-21(22)26-18)11-8-14-19-16(9-11)31-15-5-3-2-4-12(15)23-20(19)28-27-14/h2-10H,1H3,(H2,23,27,28)(H3,22,24,25,26,29). The quantitative estimate of drug-likeness (QED) is 0.344. The molecular weight excluding hydrogens is 394 g/mol. The van der Waals surface area contributed by atoms with Gasteiger partial charge in [-0.05, 0) is 24.3 Å². The fraction of sp³-hybridized carbons (Fsp3) is 0.0476. The average molecular weight is 411 g/mol. The van der Waals surface area contributed by atoms with Crippen molar-refractivity contribution >= 4 is 40.0 Å². The molecule has 10 nitrogen and oxygen atoms in total. The smallest absolute Gasteiger partial charge is 0.222 e. The Balaban J connectivity index is 1.46. The Morgan fingerprint density at radius 1 is 1.03 bits per heavy atom. The van der Waals surface area contributed by atoms with Crippen LogP contribution in [0.5, 0.6) is 11.5 Å². The van der Waals surface area contributed by atoms with Gasteiger partial charge in [-0.3, -0.25) is 9.78 Å². The van der Waals surface area contributed by atoms with Crippen LogP contribution in [0, 0.1) is 0 Å². The van der Waals surface area contributed by atoms with Crippen LogP contribution in [0.2, 0.25) is 0 Å². The summed E-state index contributed by atoms with van der Waals surface area (Å²) in [6.45, 7) is 0. The van der Waals surface area contributed by atoms with Gasteiger partial charge in [-0.15, -0.1) is 0 Å². The molecule has 6 rings (SSSR count). The van der Waals surface area contributed by atoms with Gasteiger partial charge >= 0.3 is 0 Å². The van der Waals surface area contributed by atoms with Gasteiger partial charge in [0.1, 0.15) is 11.6 Å². The maximum absolute atomic E-state index is 6.23. The van der Waals surface area contributed by atoms with Crippen molar-refractivity contribution in [2.24, 2.45) is 7.05 Å². The lowest BCUT2D eigenvalue weighted by Crippen LogP contribution is -2.02. The molecule has 0 fully saturated rings. The van der Waals surface area contributed by atoms with E-state index in [4.69, 9.17) is 10.5 Å². The molecule has 3 aromatic heterocycles. The maximum atomic E-state index is 6.23. The maximum Gasteiger partial charge on any atom is 0.222 e. The van der Waals surface area contributed by atoms with Gasteiger partial charge in [0.25, 0.3) is 0 Å². The zero-order valence-corrected chi connectivity index (χ0v) is 16.4. The monoisotopic (exact) mass is 411 g/mol. The van der Waals surface area contributed by atoms with E-state index in [1.807, 2.05) is 61.8 Å². The molecule has 0 amide bonds. The Hall–Kier alpha value is -4.60. The zero-order valence-electron chi connectivity index (χ0n) is 16.4. The van der Waals surface area contributed by atoms with Crippen LogP contribution < -0.4 is 21.1 Å². The van der Waals surface area contributed by atoms with Crippen LogP contribution in [0.4, 0.5) is 29.1 Å². The third-order valence-electron chi connectivity index (χ3n) is 5.00. The van der Waals surface area contributed by atoms with Gasteiger partial charge in [0.2, 0.25) is 5.95 Å². The molecule has 1 aliphatic heterocycles. The Bertz CT molecular complexity index is 1450. The fourth-order valence-corrected chi connectivity index (χ4v) is 3.63. The Morgan fingerprint density at radius 2 is 1.94 bits per heavy atom. The molecule has 5 N–H and O–H groups in total. The van der Waals surface area contributed by atoms with Crippen molar-refractivity contribution in [1.29, 1.82) is 0 Å². The summed E-state index contributed by atoms with van der Waals surface area (Å²) in [6, 6.07) is 15.3. The minimum atomic E-state index is 0.153. The van der Waals surface area contributed by atoms with Crippen molar-refractivity contribution in [2.75, 3.05) is 16.4 Å². The number of anilines is 5. The second kappa shape index (κ2) is 6.46. The van der Waals surface area contributed by atoms with E-state index in [2.05, 4.69) is 35.9 Å². The van der Waals surface area contributed by atoms with Crippen LogP contribution in [-0.2, 0) is 7.05 Å². The van der Waals surface area contributed by atoms with Gasteiger partial charge in [0.15, 0.2) is 17.4 Å². The van der Waals surface area contributed by atoms with Crippen molar-refractivity contribution in [2.45, 2.75) is 0 Å². The molecule has 152 valence electrons. The summed E-state index contributed by atoms with van der Waals surface area (Å²) >= 11 is 0. The largest absolute Gasteiger partial charge is 0.454 e. The minimum absolute atomic E-state index is 0.153. The third kappa shape index (κ3) is 2.97. The Labute approximate surface area is 176 Å². The van der Waals surface area contributed by atoms with Crippen LogP contribution in [0.15, 0.2) is 54.7 Å². The van der Waals surface area contributed by atoms with Gasteiger partial charge in [0.05, 0.1) is 22.3 Å². The Kier molecular flexibility index (Phi) is 3.60. The predicted octanol–water partition coefficient (Wildman–Crippen LogP) is 3.93. The van der Waals surface area contributed by atoms with E-state index >= 15 is 0 Å². The topological polar surface area (TPSA) is 132 Å². The lowest BCUT2D eigenvalue weighted by atomic mass is 10.1. The van der Waals surface area contributed by atoms with Crippen molar-refractivity contribution in [3.05, 3.63) is 54.7 Å². The van der Waals surface area contributed by atoms with Crippen LogP contribution in [0.3, 0.4) is 0 Å². The lowest BCUT2D eigenvalue weighted by molar-refractivity contribution is 0.492.